The molecule has 0 aliphatic carbocycles. The quantitative estimate of drug-likeness (QED) is 0.385. The molecule has 2 saturated heterocycles. The van der Waals surface area contributed by atoms with Gasteiger partial charge in [0.25, 0.3) is 12.3 Å². The Morgan fingerprint density at radius 2 is 1.97 bits per heavy atom. The molecule has 15 heteroatoms. The van der Waals surface area contributed by atoms with Crippen molar-refractivity contribution >= 4 is 17.2 Å². The molecule has 4 aromatic heterocycles. The molecule has 2 aliphatic rings. The molecule has 2 fully saturated rings. The number of anilines is 1. The number of hydrogen-bond donors (Lipinski definition) is 1. The Kier molecular flexibility index (Phi) is 5.63. The lowest BCUT2D eigenvalue weighted by atomic mass is 9.98. The van der Waals surface area contributed by atoms with Gasteiger partial charge in [-0.2, -0.15) is 4.98 Å². The standard InChI is InChI=1S/C22H21F5N8O2/c1-36-19-17-16(11-4-28-21-29-5-14(18(24)25)34(21)6-11)13(23)7-35(17)32-20(31-19)30-15-2-3-33(10-22(15,26)27)12-8-37-9-12/h4-7,12,15,18H,2-3,8-10H2,1H3,(H,30,32). The zero-order chi connectivity index (χ0) is 25.9. The molecule has 0 spiro atoms. The largest absolute Gasteiger partial charge is 0.479 e. The number of methoxy groups -OCH3 is 1. The monoisotopic (exact) mass is 524 g/mol. The molecular weight excluding hydrogens is 503 g/mol. The van der Waals surface area contributed by atoms with Crippen LogP contribution in [-0.2, 0) is 4.74 Å². The van der Waals surface area contributed by atoms with Crippen LogP contribution in [0.2, 0.25) is 0 Å². The van der Waals surface area contributed by atoms with Crippen molar-refractivity contribution in [3.05, 3.63) is 36.3 Å². The van der Waals surface area contributed by atoms with E-state index in [2.05, 4.69) is 25.4 Å². The fourth-order valence-electron chi connectivity index (χ4n) is 4.73. The molecule has 0 amide bonds. The third kappa shape index (κ3) is 4.01. The minimum atomic E-state index is -3.07. The molecule has 6 heterocycles. The number of fused-ring (bicyclic) bond motifs is 2. The summed E-state index contributed by atoms with van der Waals surface area (Å²) in [5.74, 6) is -4.07. The minimum absolute atomic E-state index is 0.00593. The van der Waals surface area contributed by atoms with Gasteiger partial charge in [-0.05, 0) is 6.42 Å². The highest BCUT2D eigenvalue weighted by Crippen LogP contribution is 2.36. The van der Waals surface area contributed by atoms with Crippen LogP contribution < -0.4 is 10.1 Å². The van der Waals surface area contributed by atoms with Crippen LogP contribution in [0.5, 0.6) is 5.88 Å². The smallest absolute Gasteiger partial charge is 0.280 e. The van der Waals surface area contributed by atoms with Crippen LogP contribution in [0.25, 0.3) is 22.4 Å². The van der Waals surface area contributed by atoms with Crippen LogP contribution in [0.15, 0.2) is 24.8 Å². The van der Waals surface area contributed by atoms with E-state index in [1.807, 2.05) is 0 Å². The number of alkyl halides is 4. The van der Waals surface area contributed by atoms with Gasteiger partial charge in [-0.25, -0.2) is 36.4 Å². The highest BCUT2D eigenvalue weighted by molar-refractivity contribution is 5.84. The first-order chi connectivity index (χ1) is 17.7. The fraction of sp³-hybridized carbons (Fsp3) is 0.455. The topological polar surface area (TPSA) is 94.1 Å². The van der Waals surface area contributed by atoms with Crippen molar-refractivity contribution in [2.75, 3.05) is 38.7 Å². The molecule has 1 N–H and O–H groups in total. The van der Waals surface area contributed by atoms with Gasteiger partial charge in [0.1, 0.15) is 11.2 Å². The first-order valence-corrected chi connectivity index (χ1v) is 11.5. The van der Waals surface area contributed by atoms with Gasteiger partial charge < -0.3 is 14.8 Å². The molecular formula is C22H21F5N8O2. The molecule has 2 aliphatic heterocycles. The number of likely N-dealkylation sites (tertiary alicyclic amines) is 1. The van der Waals surface area contributed by atoms with Gasteiger partial charge in [0.15, 0.2) is 5.82 Å². The number of halogens is 5. The molecule has 196 valence electrons. The summed E-state index contributed by atoms with van der Waals surface area (Å²) >= 11 is 0. The molecule has 10 nitrogen and oxygen atoms in total. The van der Waals surface area contributed by atoms with E-state index in [0.29, 0.717) is 19.8 Å². The summed E-state index contributed by atoms with van der Waals surface area (Å²) in [5, 5.41) is 6.86. The molecule has 0 aromatic carbocycles. The Hall–Kier alpha value is -3.59. The lowest BCUT2D eigenvalue weighted by molar-refractivity contribution is -0.131. The van der Waals surface area contributed by atoms with Crippen molar-refractivity contribution in [3.8, 4) is 17.0 Å². The maximum atomic E-state index is 15.2. The number of ether oxygens (including phenoxy) is 2. The predicted molar refractivity (Wildman–Crippen MR) is 120 cm³/mol. The summed E-state index contributed by atoms with van der Waals surface area (Å²) in [7, 11) is 1.29. The van der Waals surface area contributed by atoms with Crippen LogP contribution >= 0.6 is 0 Å². The molecule has 1 unspecified atom stereocenters. The van der Waals surface area contributed by atoms with Crippen molar-refractivity contribution in [1.29, 1.82) is 0 Å². The summed E-state index contributed by atoms with van der Waals surface area (Å²) in [6.07, 6.45) is 1.91. The summed E-state index contributed by atoms with van der Waals surface area (Å²) in [6, 6.07) is -1.25. The van der Waals surface area contributed by atoms with E-state index in [0.717, 1.165) is 21.3 Å². The second kappa shape index (κ2) is 8.76. The SMILES string of the molecule is COc1nc(NC2CCN(C3COC3)CC2(F)F)nn2cc(F)c(-c3cnc4ncc(C(F)F)n4c3)c12. The molecule has 0 radical (unpaired) electrons. The Labute approximate surface area is 206 Å². The van der Waals surface area contributed by atoms with Crippen LogP contribution in [0.3, 0.4) is 0 Å². The van der Waals surface area contributed by atoms with Gasteiger partial charge in [-0.3, -0.25) is 9.30 Å². The van der Waals surface area contributed by atoms with E-state index >= 15 is 4.39 Å². The number of imidazole rings is 1. The third-order valence-electron chi connectivity index (χ3n) is 6.72. The van der Waals surface area contributed by atoms with Crippen LogP contribution in [0, 0.1) is 5.82 Å². The number of nitrogens with zero attached hydrogens (tertiary/aromatic N) is 7. The van der Waals surface area contributed by atoms with Gasteiger partial charge in [0.05, 0.1) is 56.9 Å². The molecule has 37 heavy (non-hydrogen) atoms. The van der Waals surface area contributed by atoms with E-state index in [-0.39, 0.29) is 46.7 Å². The van der Waals surface area contributed by atoms with Gasteiger partial charge in [0.2, 0.25) is 17.6 Å². The third-order valence-corrected chi connectivity index (χ3v) is 6.72. The van der Waals surface area contributed by atoms with Crippen LogP contribution in [0.1, 0.15) is 18.5 Å². The average Bonchev–Trinajstić information content (AvgIpc) is 3.38. The van der Waals surface area contributed by atoms with Gasteiger partial charge in [0, 0.05) is 24.5 Å². The summed E-state index contributed by atoms with van der Waals surface area (Å²) < 4.78 is 84.4. The van der Waals surface area contributed by atoms with Crippen molar-refractivity contribution in [1.82, 2.24) is 33.9 Å². The van der Waals surface area contributed by atoms with Crippen LogP contribution in [-0.4, -0.2) is 85.3 Å². The van der Waals surface area contributed by atoms with Crippen molar-refractivity contribution < 1.29 is 31.4 Å². The zero-order valence-corrected chi connectivity index (χ0v) is 19.4. The number of piperidine rings is 1. The highest BCUT2D eigenvalue weighted by Gasteiger charge is 2.47. The van der Waals surface area contributed by atoms with Gasteiger partial charge in [-0.15, -0.1) is 5.10 Å². The lowest BCUT2D eigenvalue weighted by Gasteiger charge is -2.44. The Bertz CT molecular complexity index is 1470. The summed E-state index contributed by atoms with van der Waals surface area (Å²) in [6.45, 7) is 0.914. The van der Waals surface area contributed by atoms with E-state index < -0.39 is 36.4 Å². The molecule has 6 rings (SSSR count). The Morgan fingerprint density at radius 1 is 1.19 bits per heavy atom. The van der Waals surface area contributed by atoms with Gasteiger partial charge >= 0.3 is 0 Å². The fourth-order valence-corrected chi connectivity index (χ4v) is 4.73. The zero-order valence-electron chi connectivity index (χ0n) is 19.4. The first-order valence-electron chi connectivity index (χ1n) is 11.5. The van der Waals surface area contributed by atoms with Gasteiger partial charge in [-0.1, -0.05) is 0 Å². The minimum Gasteiger partial charge on any atom is -0.479 e. The van der Waals surface area contributed by atoms with Crippen LogP contribution in [0.4, 0.5) is 27.9 Å². The molecule has 0 saturated carbocycles. The normalized spacial score (nSPS) is 20.6. The van der Waals surface area contributed by atoms with E-state index in [1.165, 1.54) is 19.5 Å². The number of nitrogens with one attached hydrogen (secondary N) is 1. The van der Waals surface area contributed by atoms with E-state index in [9.17, 15) is 17.6 Å². The maximum absolute atomic E-state index is 15.2. The Morgan fingerprint density at radius 3 is 2.65 bits per heavy atom. The first kappa shape index (κ1) is 23.8. The predicted octanol–water partition coefficient (Wildman–Crippen LogP) is 3.04. The summed E-state index contributed by atoms with van der Waals surface area (Å²) in [5.41, 5.74) is -0.223. The molecule has 1 atom stereocenters. The summed E-state index contributed by atoms with van der Waals surface area (Å²) in [4.78, 5) is 13.8. The maximum Gasteiger partial charge on any atom is 0.280 e. The van der Waals surface area contributed by atoms with Crippen molar-refractivity contribution in [3.63, 3.8) is 0 Å². The molecule has 4 aromatic rings. The Balaban J connectivity index is 1.34. The highest BCUT2D eigenvalue weighted by atomic mass is 19.3. The average molecular weight is 524 g/mol. The molecule has 0 bridgehead atoms. The van der Waals surface area contributed by atoms with E-state index in [1.54, 1.807) is 4.90 Å². The van der Waals surface area contributed by atoms with Crippen molar-refractivity contribution in [2.24, 2.45) is 0 Å². The van der Waals surface area contributed by atoms with Crippen molar-refractivity contribution in [2.45, 2.75) is 30.9 Å². The second-order valence-electron chi connectivity index (χ2n) is 8.99. The second-order valence-corrected chi connectivity index (χ2v) is 8.99. The number of rotatable bonds is 6. The number of hydrogen-bond acceptors (Lipinski definition) is 8. The number of aromatic nitrogens is 6. The lowest BCUT2D eigenvalue weighted by Crippen LogP contribution is -2.61. The van der Waals surface area contributed by atoms with E-state index in [4.69, 9.17) is 9.47 Å².